The van der Waals surface area contributed by atoms with Crippen molar-refractivity contribution >= 4 is 18.3 Å². The number of aryl methyl sites for hydroxylation is 1. The van der Waals surface area contributed by atoms with Gasteiger partial charge in [-0.15, -0.1) is 12.4 Å². The molecule has 2 aromatic rings. The van der Waals surface area contributed by atoms with E-state index < -0.39 is 0 Å². The maximum absolute atomic E-state index is 11.9. The van der Waals surface area contributed by atoms with E-state index in [9.17, 15) is 4.79 Å². The average Bonchev–Trinajstić information content (AvgIpc) is 3.17. The Morgan fingerprint density at radius 3 is 3.14 bits per heavy atom. The van der Waals surface area contributed by atoms with Crippen LogP contribution in [0.25, 0.3) is 11.6 Å². The maximum Gasteiger partial charge on any atom is 0.238 e. The molecule has 1 amide bonds. The van der Waals surface area contributed by atoms with Crippen LogP contribution in [-0.2, 0) is 11.2 Å². The molecule has 22 heavy (non-hydrogen) atoms. The Balaban J connectivity index is 0.00000176. The van der Waals surface area contributed by atoms with Crippen molar-refractivity contribution in [3.05, 3.63) is 24.3 Å². The normalized spacial score (nSPS) is 17.7. The maximum atomic E-state index is 11.9. The number of nitrogens with zero attached hydrogens (tertiary/aromatic N) is 2. The number of amides is 1. The summed E-state index contributed by atoms with van der Waals surface area (Å²) in [5.74, 6) is 1.43. The van der Waals surface area contributed by atoms with Crippen molar-refractivity contribution in [3.8, 4) is 11.6 Å². The lowest BCUT2D eigenvalue weighted by atomic mass is 10.1. The van der Waals surface area contributed by atoms with E-state index in [1.165, 1.54) is 0 Å². The highest BCUT2D eigenvalue weighted by atomic mass is 35.5. The first kappa shape index (κ1) is 16.5. The molecule has 1 aliphatic rings. The zero-order valence-electron chi connectivity index (χ0n) is 12.1. The van der Waals surface area contributed by atoms with Crippen LogP contribution in [-0.4, -0.2) is 35.2 Å². The summed E-state index contributed by atoms with van der Waals surface area (Å²) in [6.07, 6.45) is 4.45. The fraction of sp³-hybridized carbons (Fsp3) is 0.500. The number of furan rings is 1. The second-order valence-corrected chi connectivity index (χ2v) is 5.10. The zero-order chi connectivity index (χ0) is 14.5. The first-order valence-electron chi connectivity index (χ1n) is 7.18. The number of halogens is 1. The van der Waals surface area contributed by atoms with Crippen molar-refractivity contribution in [1.82, 2.24) is 20.8 Å². The van der Waals surface area contributed by atoms with E-state index in [4.69, 9.17) is 8.94 Å². The van der Waals surface area contributed by atoms with E-state index in [2.05, 4.69) is 20.8 Å². The van der Waals surface area contributed by atoms with Crippen LogP contribution >= 0.6 is 12.4 Å². The van der Waals surface area contributed by atoms with Crippen molar-refractivity contribution in [2.75, 3.05) is 13.1 Å². The Bertz CT molecular complexity index is 579. The summed E-state index contributed by atoms with van der Waals surface area (Å²) in [5, 5.41) is 10.1. The van der Waals surface area contributed by atoms with Crippen LogP contribution in [0.5, 0.6) is 0 Å². The fourth-order valence-electron chi connectivity index (χ4n) is 2.36. The molecule has 0 bridgehead atoms. The summed E-state index contributed by atoms with van der Waals surface area (Å²) in [6.45, 7) is 1.87. The molecule has 0 radical (unpaired) electrons. The Hall–Kier alpha value is -1.86. The predicted molar refractivity (Wildman–Crippen MR) is 81.6 cm³/mol. The number of piperidine rings is 1. The highest BCUT2D eigenvalue weighted by molar-refractivity contribution is 5.85. The topological polar surface area (TPSA) is 93.2 Å². The van der Waals surface area contributed by atoms with Crippen LogP contribution in [0.3, 0.4) is 0 Å². The molecule has 3 heterocycles. The van der Waals surface area contributed by atoms with Crippen molar-refractivity contribution < 1.29 is 13.7 Å². The monoisotopic (exact) mass is 326 g/mol. The number of hydrogen-bond acceptors (Lipinski definition) is 6. The van der Waals surface area contributed by atoms with Gasteiger partial charge < -0.3 is 19.6 Å². The Morgan fingerprint density at radius 1 is 1.50 bits per heavy atom. The van der Waals surface area contributed by atoms with Crippen molar-refractivity contribution in [2.45, 2.75) is 31.7 Å². The van der Waals surface area contributed by atoms with Crippen LogP contribution in [0, 0.1) is 0 Å². The molecule has 0 aliphatic carbocycles. The highest BCUT2D eigenvalue weighted by Crippen LogP contribution is 2.16. The largest absolute Gasteiger partial charge is 0.461 e. The van der Waals surface area contributed by atoms with Crippen LogP contribution in [0.1, 0.15) is 25.2 Å². The lowest BCUT2D eigenvalue weighted by Gasteiger charge is -2.23. The van der Waals surface area contributed by atoms with Gasteiger partial charge in [0.05, 0.1) is 6.26 Å². The molecule has 7 nitrogen and oxygen atoms in total. The molecule has 120 valence electrons. The van der Waals surface area contributed by atoms with Crippen molar-refractivity contribution in [3.63, 3.8) is 0 Å². The first-order chi connectivity index (χ1) is 10.3. The summed E-state index contributed by atoms with van der Waals surface area (Å²) >= 11 is 0. The average molecular weight is 327 g/mol. The van der Waals surface area contributed by atoms with Gasteiger partial charge in [0.2, 0.25) is 17.6 Å². The Kier molecular flexibility index (Phi) is 5.97. The number of aromatic nitrogens is 2. The zero-order valence-corrected chi connectivity index (χ0v) is 12.9. The lowest BCUT2D eigenvalue weighted by Crippen LogP contribution is -2.45. The molecule has 0 aromatic carbocycles. The van der Waals surface area contributed by atoms with Crippen LogP contribution in [0.2, 0.25) is 0 Å². The molecule has 2 aromatic heterocycles. The van der Waals surface area contributed by atoms with E-state index in [0.717, 1.165) is 25.9 Å². The third-order valence-electron chi connectivity index (χ3n) is 3.44. The quantitative estimate of drug-likeness (QED) is 0.866. The van der Waals surface area contributed by atoms with Crippen LogP contribution in [0.4, 0.5) is 0 Å². The third kappa shape index (κ3) is 4.32. The minimum atomic E-state index is 0. The molecule has 3 rings (SSSR count). The molecule has 1 aliphatic heterocycles. The van der Waals surface area contributed by atoms with Gasteiger partial charge in [0, 0.05) is 25.4 Å². The minimum absolute atomic E-state index is 0. The molecular weight excluding hydrogens is 308 g/mol. The minimum Gasteiger partial charge on any atom is -0.461 e. The molecular formula is C14H19ClN4O3. The smallest absolute Gasteiger partial charge is 0.238 e. The molecule has 1 unspecified atom stereocenters. The summed E-state index contributed by atoms with van der Waals surface area (Å²) < 4.78 is 10.3. The number of carbonyl (C=O) groups excluding carboxylic acids is 1. The van der Waals surface area contributed by atoms with Crippen LogP contribution < -0.4 is 10.6 Å². The van der Waals surface area contributed by atoms with Gasteiger partial charge >= 0.3 is 0 Å². The predicted octanol–water partition coefficient (Wildman–Crippen LogP) is 1.55. The summed E-state index contributed by atoms with van der Waals surface area (Å²) in [6, 6.07) is 3.75. The van der Waals surface area contributed by atoms with Gasteiger partial charge in [-0.2, -0.15) is 4.98 Å². The fourth-order valence-corrected chi connectivity index (χ4v) is 2.36. The SMILES string of the molecule is Cl.O=C(CCc1nc(-c2ccco2)no1)NC1CCCNC1. The summed E-state index contributed by atoms with van der Waals surface area (Å²) in [4.78, 5) is 16.1. The molecule has 2 N–H and O–H groups in total. The number of nitrogens with one attached hydrogen (secondary N) is 2. The van der Waals surface area contributed by atoms with Crippen molar-refractivity contribution in [1.29, 1.82) is 0 Å². The molecule has 0 saturated carbocycles. The van der Waals surface area contributed by atoms with Gasteiger partial charge in [-0.3, -0.25) is 4.79 Å². The molecule has 1 saturated heterocycles. The second-order valence-electron chi connectivity index (χ2n) is 5.10. The molecule has 0 spiro atoms. The Morgan fingerprint density at radius 2 is 2.41 bits per heavy atom. The van der Waals surface area contributed by atoms with Crippen molar-refractivity contribution in [2.24, 2.45) is 0 Å². The van der Waals surface area contributed by atoms with Gasteiger partial charge in [-0.05, 0) is 31.5 Å². The number of carbonyl (C=O) groups is 1. The van der Waals surface area contributed by atoms with Gasteiger partial charge in [-0.25, -0.2) is 0 Å². The lowest BCUT2D eigenvalue weighted by molar-refractivity contribution is -0.121. The number of rotatable bonds is 5. The van der Waals surface area contributed by atoms with Gasteiger partial charge in [-0.1, -0.05) is 5.16 Å². The standard InChI is InChI=1S/C14H18N4O3.ClH/c19-12(16-10-3-1-7-15-9-10)5-6-13-17-14(18-21-13)11-4-2-8-20-11;/h2,4,8,10,15H,1,3,5-7,9H2,(H,16,19);1H. The van der Waals surface area contributed by atoms with E-state index in [1.54, 1.807) is 18.4 Å². The Labute approximate surface area is 134 Å². The van der Waals surface area contributed by atoms with Gasteiger partial charge in [0.1, 0.15) is 0 Å². The van der Waals surface area contributed by atoms with Crippen LogP contribution in [0.15, 0.2) is 27.3 Å². The molecule has 8 heteroatoms. The summed E-state index contributed by atoms with van der Waals surface area (Å²) in [5.41, 5.74) is 0. The third-order valence-corrected chi connectivity index (χ3v) is 3.44. The molecule has 1 atom stereocenters. The molecule has 1 fully saturated rings. The summed E-state index contributed by atoms with van der Waals surface area (Å²) in [7, 11) is 0. The highest BCUT2D eigenvalue weighted by Gasteiger charge is 2.16. The first-order valence-corrected chi connectivity index (χ1v) is 7.18. The van der Waals surface area contributed by atoms with Gasteiger partial charge in [0.15, 0.2) is 5.76 Å². The van der Waals surface area contributed by atoms with Gasteiger partial charge in [0.25, 0.3) is 0 Å². The van der Waals surface area contributed by atoms with E-state index >= 15 is 0 Å². The number of hydrogen-bond donors (Lipinski definition) is 2. The van der Waals surface area contributed by atoms with E-state index in [-0.39, 0.29) is 24.4 Å². The van der Waals surface area contributed by atoms with E-state index in [1.807, 2.05) is 0 Å². The van der Waals surface area contributed by atoms with E-state index in [0.29, 0.717) is 30.3 Å². The second kappa shape index (κ2) is 7.95.